The minimum absolute atomic E-state index is 0.113. The van der Waals surface area contributed by atoms with E-state index >= 15 is 0 Å². The van der Waals surface area contributed by atoms with E-state index in [-0.39, 0.29) is 18.4 Å². The van der Waals surface area contributed by atoms with Gasteiger partial charge in [-0.3, -0.25) is 4.79 Å². The number of hydrogen-bond acceptors (Lipinski definition) is 5. The Balaban J connectivity index is 1.65. The van der Waals surface area contributed by atoms with Gasteiger partial charge in [-0.2, -0.15) is 0 Å². The quantitative estimate of drug-likeness (QED) is 0.889. The summed E-state index contributed by atoms with van der Waals surface area (Å²) in [4.78, 5) is 17.0. The lowest BCUT2D eigenvalue weighted by Gasteiger charge is -2.38. The molecule has 1 aromatic rings. The van der Waals surface area contributed by atoms with Crippen LogP contribution >= 0.6 is 0 Å². The van der Waals surface area contributed by atoms with E-state index in [1.165, 1.54) is 20.0 Å². The lowest BCUT2D eigenvalue weighted by atomic mass is 9.89. The minimum atomic E-state index is -0.113. The van der Waals surface area contributed by atoms with E-state index in [4.69, 9.17) is 9.15 Å². The molecular formula is C17H26N2O4. The van der Waals surface area contributed by atoms with Crippen molar-refractivity contribution in [1.82, 2.24) is 9.80 Å². The van der Waals surface area contributed by atoms with Crippen molar-refractivity contribution < 1.29 is 19.1 Å². The lowest BCUT2D eigenvalue weighted by Crippen LogP contribution is -2.47. The second-order valence-corrected chi connectivity index (χ2v) is 6.69. The van der Waals surface area contributed by atoms with Gasteiger partial charge in [-0.15, -0.1) is 0 Å². The van der Waals surface area contributed by atoms with Crippen LogP contribution in [0, 0.1) is 11.8 Å². The largest absolute Gasteiger partial charge is 0.468 e. The number of carbonyl (C=O) groups is 1. The number of furan rings is 1. The molecule has 0 bridgehead atoms. The van der Waals surface area contributed by atoms with Crippen molar-refractivity contribution in [3.63, 3.8) is 0 Å². The third kappa shape index (κ3) is 3.87. The predicted molar refractivity (Wildman–Crippen MR) is 85.5 cm³/mol. The van der Waals surface area contributed by atoms with Gasteiger partial charge in [0, 0.05) is 32.3 Å². The molecule has 3 heterocycles. The van der Waals surface area contributed by atoms with Gasteiger partial charge < -0.3 is 24.1 Å². The van der Waals surface area contributed by atoms with Crippen LogP contribution in [0.1, 0.15) is 29.8 Å². The van der Waals surface area contributed by atoms with Gasteiger partial charge in [-0.25, -0.2) is 0 Å². The fraction of sp³-hybridized carbons (Fsp3) is 0.706. The normalized spacial score (nSPS) is 25.7. The number of likely N-dealkylation sites (tertiary alicyclic amines) is 2. The maximum atomic E-state index is 12.7. The molecule has 6 heteroatoms. The Labute approximate surface area is 137 Å². The van der Waals surface area contributed by atoms with Gasteiger partial charge in [-0.1, -0.05) is 0 Å². The Hall–Kier alpha value is -1.53. The summed E-state index contributed by atoms with van der Waals surface area (Å²) in [6, 6.07) is 3.31. The first-order valence-corrected chi connectivity index (χ1v) is 8.46. The van der Waals surface area contributed by atoms with Crippen molar-refractivity contribution in [2.45, 2.75) is 19.3 Å². The predicted octanol–water partition coefficient (Wildman–Crippen LogP) is 1.45. The first-order chi connectivity index (χ1) is 11.2. The number of piperidine rings is 1. The molecule has 0 aliphatic carbocycles. The third-order valence-corrected chi connectivity index (χ3v) is 4.88. The summed E-state index contributed by atoms with van der Waals surface area (Å²) in [6.07, 6.45) is 3.52. The highest BCUT2D eigenvalue weighted by molar-refractivity contribution is 5.91. The van der Waals surface area contributed by atoms with E-state index in [0.29, 0.717) is 24.2 Å². The molecule has 1 aromatic heterocycles. The molecule has 0 saturated carbocycles. The van der Waals surface area contributed by atoms with Crippen LogP contribution in [0.2, 0.25) is 0 Å². The van der Waals surface area contributed by atoms with Crippen LogP contribution in [0.5, 0.6) is 5.95 Å². The Morgan fingerprint density at radius 1 is 1.30 bits per heavy atom. The van der Waals surface area contributed by atoms with Gasteiger partial charge in [0.25, 0.3) is 11.9 Å². The Morgan fingerprint density at radius 3 is 2.70 bits per heavy atom. The highest BCUT2D eigenvalue weighted by Gasteiger charge is 2.32. The van der Waals surface area contributed by atoms with Gasteiger partial charge in [0.2, 0.25) is 0 Å². The fourth-order valence-electron chi connectivity index (χ4n) is 3.78. The SMILES string of the molecule is COc1ccc(C(=O)N2C[C@@H](CN3CCCC3)C[C@H](CO)C2)o1. The lowest BCUT2D eigenvalue weighted by molar-refractivity contribution is 0.0435. The van der Waals surface area contributed by atoms with Gasteiger partial charge in [0.15, 0.2) is 5.76 Å². The van der Waals surface area contributed by atoms with Crippen LogP contribution in [-0.4, -0.2) is 67.3 Å². The third-order valence-electron chi connectivity index (χ3n) is 4.88. The van der Waals surface area contributed by atoms with Gasteiger partial charge >= 0.3 is 0 Å². The van der Waals surface area contributed by atoms with Crippen molar-refractivity contribution in [3.8, 4) is 5.95 Å². The molecule has 0 radical (unpaired) electrons. The van der Waals surface area contributed by atoms with E-state index in [0.717, 1.165) is 32.6 Å². The van der Waals surface area contributed by atoms with Crippen LogP contribution < -0.4 is 4.74 Å². The summed E-state index contributed by atoms with van der Waals surface area (Å²) < 4.78 is 10.4. The average Bonchev–Trinajstić information content (AvgIpc) is 3.25. The molecule has 2 aliphatic heterocycles. The smallest absolute Gasteiger partial charge is 0.289 e. The van der Waals surface area contributed by atoms with Crippen LogP contribution in [0.25, 0.3) is 0 Å². The summed E-state index contributed by atoms with van der Waals surface area (Å²) >= 11 is 0. The summed E-state index contributed by atoms with van der Waals surface area (Å²) in [7, 11) is 1.52. The molecule has 1 amide bonds. The van der Waals surface area contributed by atoms with Crippen molar-refractivity contribution >= 4 is 5.91 Å². The number of nitrogens with zero attached hydrogens (tertiary/aromatic N) is 2. The molecule has 0 aromatic carbocycles. The van der Waals surface area contributed by atoms with E-state index in [2.05, 4.69) is 4.90 Å². The first kappa shape index (κ1) is 16.3. The number of aliphatic hydroxyl groups excluding tert-OH is 1. The Bertz CT molecular complexity index is 524. The summed E-state index contributed by atoms with van der Waals surface area (Å²) in [5.74, 6) is 1.10. The average molecular weight is 322 g/mol. The molecule has 2 atom stereocenters. The summed E-state index contributed by atoms with van der Waals surface area (Å²) in [5, 5.41) is 9.59. The maximum absolute atomic E-state index is 12.7. The van der Waals surface area contributed by atoms with Gasteiger partial charge in [-0.05, 0) is 50.3 Å². The molecule has 6 nitrogen and oxygen atoms in total. The molecule has 1 N–H and O–H groups in total. The van der Waals surface area contributed by atoms with Crippen LogP contribution in [0.15, 0.2) is 16.5 Å². The molecule has 3 rings (SSSR count). The van der Waals surface area contributed by atoms with Gasteiger partial charge in [0.05, 0.1) is 7.11 Å². The van der Waals surface area contributed by atoms with Gasteiger partial charge in [0.1, 0.15) is 0 Å². The fourth-order valence-corrected chi connectivity index (χ4v) is 3.78. The van der Waals surface area contributed by atoms with Crippen molar-refractivity contribution in [1.29, 1.82) is 0 Å². The monoisotopic (exact) mass is 322 g/mol. The van der Waals surface area contributed by atoms with Crippen LogP contribution in [-0.2, 0) is 0 Å². The number of hydrogen-bond donors (Lipinski definition) is 1. The van der Waals surface area contributed by atoms with E-state index in [1.54, 1.807) is 12.1 Å². The van der Waals surface area contributed by atoms with Crippen LogP contribution in [0.3, 0.4) is 0 Å². The number of rotatable bonds is 5. The molecule has 2 saturated heterocycles. The molecule has 0 spiro atoms. The molecule has 128 valence electrons. The molecule has 23 heavy (non-hydrogen) atoms. The zero-order valence-electron chi connectivity index (χ0n) is 13.7. The summed E-state index contributed by atoms with van der Waals surface area (Å²) in [5.41, 5.74) is 0. The zero-order chi connectivity index (χ0) is 16.2. The zero-order valence-corrected chi connectivity index (χ0v) is 13.7. The standard InChI is InChI=1S/C17H26N2O4/c1-22-16-5-4-15(23-16)17(21)19-10-13(8-14(11-19)12-20)9-18-6-2-3-7-18/h4-5,13-14,20H,2-3,6-12H2,1H3/t13-,14+/m1/s1. The number of ether oxygens (including phenoxy) is 1. The summed E-state index contributed by atoms with van der Waals surface area (Å²) in [6.45, 7) is 4.78. The first-order valence-electron chi connectivity index (χ1n) is 8.46. The second kappa shape index (κ2) is 7.36. The maximum Gasteiger partial charge on any atom is 0.289 e. The number of carbonyl (C=O) groups excluding carboxylic acids is 1. The molecule has 0 unspecified atom stereocenters. The minimum Gasteiger partial charge on any atom is -0.468 e. The molecule has 2 fully saturated rings. The molecular weight excluding hydrogens is 296 g/mol. The Kier molecular flexibility index (Phi) is 5.23. The number of amides is 1. The van der Waals surface area contributed by atoms with Crippen LogP contribution in [0.4, 0.5) is 0 Å². The Morgan fingerprint density at radius 2 is 2.04 bits per heavy atom. The van der Waals surface area contributed by atoms with Crippen molar-refractivity contribution in [2.24, 2.45) is 11.8 Å². The number of methoxy groups -OCH3 is 1. The number of aliphatic hydroxyl groups is 1. The van der Waals surface area contributed by atoms with Crippen molar-refractivity contribution in [3.05, 3.63) is 17.9 Å². The van der Waals surface area contributed by atoms with E-state index in [1.807, 2.05) is 4.90 Å². The van der Waals surface area contributed by atoms with E-state index < -0.39 is 0 Å². The second-order valence-electron chi connectivity index (χ2n) is 6.69. The van der Waals surface area contributed by atoms with Crippen molar-refractivity contribution in [2.75, 3.05) is 46.4 Å². The highest BCUT2D eigenvalue weighted by Crippen LogP contribution is 2.26. The topological polar surface area (TPSA) is 66.2 Å². The molecule has 2 aliphatic rings. The van der Waals surface area contributed by atoms with E-state index in [9.17, 15) is 9.90 Å². The highest BCUT2D eigenvalue weighted by atomic mass is 16.6.